The van der Waals surface area contributed by atoms with Gasteiger partial charge in [0, 0.05) is 24.3 Å². The van der Waals surface area contributed by atoms with Crippen molar-refractivity contribution in [3.05, 3.63) is 89.6 Å². The summed E-state index contributed by atoms with van der Waals surface area (Å²) in [5, 5.41) is 2.81. The van der Waals surface area contributed by atoms with Gasteiger partial charge in [0.05, 0.1) is 6.26 Å². The first kappa shape index (κ1) is 18.4. The van der Waals surface area contributed by atoms with Gasteiger partial charge in [0.15, 0.2) is 5.76 Å². The maximum atomic E-state index is 13.2. The molecule has 2 aromatic carbocycles. The monoisotopic (exact) mass is 366 g/mol. The number of hydrogen-bond acceptors (Lipinski definition) is 3. The molecule has 0 aliphatic carbocycles. The highest BCUT2D eigenvalue weighted by Gasteiger charge is 2.20. The van der Waals surface area contributed by atoms with Gasteiger partial charge in [-0.2, -0.15) is 0 Å². The highest BCUT2D eigenvalue weighted by atomic mass is 19.1. The number of carbonyl (C=O) groups excluding carboxylic acids is 2. The summed E-state index contributed by atoms with van der Waals surface area (Å²) in [6.07, 6.45) is 1.41. The summed E-state index contributed by atoms with van der Waals surface area (Å²) in [6, 6.07) is 16.0. The van der Waals surface area contributed by atoms with Crippen molar-refractivity contribution in [2.75, 3.05) is 18.0 Å². The van der Waals surface area contributed by atoms with Crippen molar-refractivity contribution in [3.8, 4) is 0 Å². The summed E-state index contributed by atoms with van der Waals surface area (Å²) in [7, 11) is 0. The molecule has 0 bridgehead atoms. The van der Waals surface area contributed by atoms with Crippen molar-refractivity contribution < 1.29 is 18.4 Å². The van der Waals surface area contributed by atoms with Crippen molar-refractivity contribution in [2.24, 2.45) is 0 Å². The average molecular weight is 366 g/mol. The maximum Gasteiger partial charge on any atom is 0.294 e. The van der Waals surface area contributed by atoms with Crippen LogP contribution in [0.3, 0.4) is 0 Å². The molecule has 0 atom stereocenters. The number of aryl methyl sites for hydroxylation is 1. The second kappa shape index (κ2) is 8.31. The first-order chi connectivity index (χ1) is 13.1. The number of amides is 2. The Morgan fingerprint density at radius 3 is 2.44 bits per heavy atom. The molecule has 2 amide bonds. The quantitative estimate of drug-likeness (QED) is 0.722. The van der Waals surface area contributed by atoms with Crippen molar-refractivity contribution in [2.45, 2.75) is 6.92 Å². The Balaban J connectivity index is 1.72. The molecule has 138 valence electrons. The molecule has 0 aliphatic heterocycles. The zero-order valence-electron chi connectivity index (χ0n) is 14.8. The molecule has 0 radical (unpaired) electrons. The van der Waals surface area contributed by atoms with Gasteiger partial charge < -0.3 is 14.6 Å². The number of benzene rings is 2. The van der Waals surface area contributed by atoms with Crippen LogP contribution in [0.1, 0.15) is 26.5 Å². The molecule has 1 aromatic heterocycles. The smallest absolute Gasteiger partial charge is 0.294 e. The number of anilines is 1. The van der Waals surface area contributed by atoms with Crippen molar-refractivity contribution >= 4 is 17.5 Å². The lowest BCUT2D eigenvalue weighted by Gasteiger charge is -2.22. The molecule has 0 saturated heterocycles. The first-order valence-electron chi connectivity index (χ1n) is 8.51. The number of halogens is 1. The fourth-order valence-electron chi connectivity index (χ4n) is 2.71. The largest absolute Gasteiger partial charge is 0.459 e. The van der Waals surface area contributed by atoms with Gasteiger partial charge in [-0.15, -0.1) is 0 Å². The highest BCUT2D eigenvalue weighted by Crippen LogP contribution is 2.18. The Labute approximate surface area is 156 Å². The van der Waals surface area contributed by atoms with E-state index in [1.807, 2.05) is 19.1 Å². The van der Waals surface area contributed by atoms with Crippen LogP contribution >= 0.6 is 0 Å². The highest BCUT2D eigenvalue weighted by molar-refractivity contribution is 6.04. The molecule has 3 aromatic rings. The van der Waals surface area contributed by atoms with E-state index < -0.39 is 5.82 Å². The molecule has 0 saturated carbocycles. The minimum atomic E-state index is -0.392. The number of carbonyl (C=O) groups is 2. The van der Waals surface area contributed by atoms with Crippen molar-refractivity contribution in [1.82, 2.24) is 5.32 Å². The van der Waals surface area contributed by atoms with Crippen molar-refractivity contribution in [3.63, 3.8) is 0 Å². The van der Waals surface area contributed by atoms with Crippen LogP contribution in [0, 0.1) is 12.7 Å². The van der Waals surface area contributed by atoms with Gasteiger partial charge in [-0.3, -0.25) is 9.59 Å². The SMILES string of the molecule is Cc1ccccc1C(=O)NCCN(C(=O)c1ccco1)c1ccc(F)cc1. The van der Waals surface area contributed by atoms with Crippen molar-refractivity contribution in [1.29, 1.82) is 0 Å². The Morgan fingerprint density at radius 1 is 1.04 bits per heavy atom. The summed E-state index contributed by atoms with van der Waals surface area (Å²) in [5.41, 5.74) is 1.98. The van der Waals surface area contributed by atoms with E-state index in [0.717, 1.165) is 5.56 Å². The Hall–Kier alpha value is -3.41. The molecular formula is C21H19FN2O3. The van der Waals surface area contributed by atoms with Gasteiger partial charge in [0.1, 0.15) is 5.82 Å². The zero-order chi connectivity index (χ0) is 19.2. The zero-order valence-corrected chi connectivity index (χ0v) is 14.8. The molecule has 27 heavy (non-hydrogen) atoms. The fraction of sp³-hybridized carbons (Fsp3) is 0.143. The topological polar surface area (TPSA) is 62.6 Å². The van der Waals surface area contributed by atoms with Crippen LogP contribution in [0.4, 0.5) is 10.1 Å². The molecule has 6 heteroatoms. The normalized spacial score (nSPS) is 10.4. The minimum Gasteiger partial charge on any atom is -0.459 e. The number of rotatable bonds is 6. The third kappa shape index (κ3) is 4.41. The van der Waals surface area contributed by atoms with Gasteiger partial charge in [-0.25, -0.2) is 4.39 Å². The average Bonchev–Trinajstić information content (AvgIpc) is 3.21. The Bertz CT molecular complexity index is 921. The summed E-state index contributed by atoms with van der Waals surface area (Å²) in [4.78, 5) is 26.5. The van der Waals surface area contributed by atoms with Crippen LogP contribution in [0.2, 0.25) is 0 Å². The van der Waals surface area contributed by atoms with Gasteiger partial charge in [-0.1, -0.05) is 18.2 Å². The van der Waals surface area contributed by atoms with E-state index in [-0.39, 0.29) is 30.7 Å². The van der Waals surface area contributed by atoms with E-state index in [4.69, 9.17) is 4.42 Å². The molecule has 0 spiro atoms. The van der Waals surface area contributed by atoms with Crippen LogP contribution in [-0.2, 0) is 0 Å². The third-order valence-electron chi connectivity index (χ3n) is 4.13. The molecule has 5 nitrogen and oxygen atoms in total. The molecule has 0 unspecified atom stereocenters. The summed E-state index contributed by atoms with van der Waals surface area (Å²) < 4.78 is 18.4. The molecule has 1 N–H and O–H groups in total. The van der Waals surface area contributed by atoms with Gasteiger partial charge >= 0.3 is 0 Å². The van der Waals surface area contributed by atoms with Gasteiger partial charge in [0.25, 0.3) is 11.8 Å². The summed E-state index contributed by atoms with van der Waals surface area (Å²) in [6.45, 7) is 2.31. The second-order valence-electron chi connectivity index (χ2n) is 5.98. The van der Waals surface area contributed by atoms with Crippen LogP contribution in [0.25, 0.3) is 0 Å². The Kier molecular flexibility index (Phi) is 5.66. The molecule has 1 heterocycles. The third-order valence-corrected chi connectivity index (χ3v) is 4.13. The molecule has 0 aliphatic rings. The van der Waals surface area contributed by atoms with Crippen LogP contribution in [-0.4, -0.2) is 24.9 Å². The fourth-order valence-corrected chi connectivity index (χ4v) is 2.71. The first-order valence-corrected chi connectivity index (χ1v) is 8.51. The van der Waals surface area contributed by atoms with E-state index >= 15 is 0 Å². The predicted octanol–water partition coefficient (Wildman–Crippen LogP) is 3.80. The van der Waals surface area contributed by atoms with Gasteiger partial charge in [-0.05, 0) is 55.0 Å². The van der Waals surface area contributed by atoms with Crippen LogP contribution in [0.15, 0.2) is 71.3 Å². The van der Waals surface area contributed by atoms with E-state index in [2.05, 4.69) is 5.32 Å². The second-order valence-corrected chi connectivity index (χ2v) is 5.98. The molecular weight excluding hydrogens is 347 g/mol. The summed E-state index contributed by atoms with van der Waals surface area (Å²) in [5.74, 6) is -0.795. The predicted molar refractivity (Wildman–Crippen MR) is 100 cm³/mol. The molecule has 0 fully saturated rings. The summed E-state index contributed by atoms with van der Waals surface area (Å²) >= 11 is 0. The number of furan rings is 1. The lowest BCUT2D eigenvalue weighted by Crippen LogP contribution is -2.38. The maximum absolute atomic E-state index is 13.2. The Morgan fingerprint density at radius 2 is 1.78 bits per heavy atom. The number of nitrogens with one attached hydrogen (secondary N) is 1. The number of nitrogens with zero attached hydrogens (tertiary/aromatic N) is 1. The van der Waals surface area contributed by atoms with E-state index in [9.17, 15) is 14.0 Å². The molecule has 3 rings (SSSR count). The minimum absolute atomic E-state index is 0.171. The van der Waals surface area contributed by atoms with E-state index in [0.29, 0.717) is 11.3 Å². The van der Waals surface area contributed by atoms with Gasteiger partial charge in [0.2, 0.25) is 0 Å². The van der Waals surface area contributed by atoms with Crippen LogP contribution in [0.5, 0.6) is 0 Å². The van der Waals surface area contributed by atoms with E-state index in [1.165, 1.54) is 35.4 Å². The lowest BCUT2D eigenvalue weighted by atomic mass is 10.1. The van der Waals surface area contributed by atoms with Crippen LogP contribution < -0.4 is 10.2 Å². The lowest BCUT2D eigenvalue weighted by molar-refractivity contribution is 0.0934. The van der Waals surface area contributed by atoms with E-state index in [1.54, 1.807) is 24.3 Å². The standard InChI is InChI=1S/C21H19FN2O3/c1-15-5-2-3-6-18(15)20(25)23-12-13-24(17-10-8-16(22)9-11-17)21(26)19-7-4-14-27-19/h2-11,14H,12-13H2,1H3,(H,23,25). The number of hydrogen-bond donors (Lipinski definition) is 1.